The van der Waals surface area contributed by atoms with Crippen molar-refractivity contribution in [2.24, 2.45) is 0 Å². The quantitative estimate of drug-likeness (QED) is 0.745. The van der Waals surface area contributed by atoms with E-state index in [4.69, 9.17) is 4.74 Å². The average Bonchev–Trinajstić information content (AvgIpc) is 2.46. The summed E-state index contributed by atoms with van der Waals surface area (Å²) in [5.74, 6) is -0.0897. The van der Waals surface area contributed by atoms with Crippen molar-refractivity contribution < 1.29 is 19.1 Å². The number of carbonyl (C=O) groups is 3. The molecule has 1 fully saturated rings. The van der Waals surface area contributed by atoms with Gasteiger partial charge in [0.15, 0.2) is 0 Å². The van der Waals surface area contributed by atoms with Gasteiger partial charge in [0, 0.05) is 32.1 Å². The lowest BCUT2D eigenvalue weighted by Crippen LogP contribution is -2.46. The number of hydrogen-bond acceptors (Lipinski definition) is 4. The first-order valence-corrected chi connectivity index (χ1v) is 8.39. The average molecular weight is 339 g/mol. The summed E-state index contributed by atoms with van der Waals surface area (Å²) in [5.41, 5.74) is -0.548. The highest BCUT2D eigenvalue weighted by atomic mass is 16.6. The number of amides is 3. The number of alkyl carbamates (subject to hydrolysis) is 1. The second kappa shape index (κ2) is 9.30. The van der Waals surface area contributed by atoms with Crippen molar-refractivity contribution in [2.75, 3.05) is 19.6 Å². The van der Waals surface area contributed by atoms with Crippen molar-refractivity contribution in [1.82, 2.24) is 15.5 Å². The zero-order chi connectivity index (χ0) is 18.2. The van der Waals surface area contributed by atoms with Gasteiger partial charge >= 0.3 is 6.09 Å². The lowest BCUT2D eigenvalue weighted by atomic mass is 10.0. The van der Waals surface area contributed by atoms with Crippen LogP contribution >= 0.6 is 0 Å². The van der Waals surface area contributed by atoms with E-state index < -0.39 is 11.7 Å². The Morgan fingerprint density at radius 3 is 2.38 bits per heavy atom. The summed E-state index contributed by atoms with van der Waals surface area (Å²) >= 11 is 0. The number of piperidine rings is 1. The standard InChI is InChI=1S/C17H29N3O4/c1-5-6-14(21)19-13-8-11-20(12-9-13)15(22)7-10-18-16(23)24-17(2,3)4/h5-6,13H,7-12H2,1-4H3,(H,18,23)(H,19,21)/b6-5+. The molecule has 1 heterocycles. The fourth-order valence-electron chi connectivity index (χ4n) is 2.42. The van der Waals surface area contributed by atoms with Gasteiger partial charge in [0.1, 0.15) is 5.60 Å². The molecule has 0 aromatic carbocycles. The van der Waals surface area contributed by atoms with Crippen molar-refractivity contribution >= 4 is 17.9 Å². The van der Waals surface area contributed by atoms with Crippen molar-refractivity contribution in [3.8, 4) is 0 Å². The van der Waals surface area contributed by atoms with Crippen LogP contribution < -0.4 is 10.6 Å². The lowest BCUT2D eigenvalue weighted by molar-refractivity contribution is -0.132. The molecule has 0 atom stereocenters. The smallest absolute Gasteiger partial charge is 0.407 e. The number of nitrogens with zero attached hydrogens (tertiary/aromatic N) is 1. The van der Waals surface area contributed by atoms with E-state index in [0.29, 0.717) is 13.1 Å². The molecule has 1 aliphatic heterocycles. The lowest BCUT2D eigenvalue weighted by Gasteiger charge is -2.32. The Morgan fingerprint density at radius 2 is 1.83 bits per heavy atom. The van der Waals surface area contributed by atoms with E-state index in [-0.39, 0.29) is 30.8 Å². The Kier molecular flexibility index (Phi) is 7.74. The molecular formula is C17H29N3O4. The van der Waals surface area contributed by atoms with Gasteiger partial charge in [-0.2, -0.15) is 0 Å². The zero-order valence-corrected chi connectivity index (χ0v) is 15.1. The number of likely N-dealkylation sites (tertiary alicyclic amines) is 1. The Morgan fingerprint density at radius 1 is 1.21 bits per heavy atom. The predicted molar refractivity (Wildman–Crippen MR) is 91.4 cm³/mol. The summed E-state index contributed by atoms with van der Waals surface area (Å²) in [7, 11) is 0. The third-order valence-electron chi connectivity index (χ3n) is 3.52. The Balaban J connectivity index is 2.24. The van der Waals surface area contributed by atoms with Crippen LogP contribution in [-0.2, 0) is 14.3 Å². The van der Waals surface area contributed by atoms with Crippen LogP contribution in [0.25, 0.3) is 0 Å². The van der Waals surface area contributed by atoms with Crippen molar-refractivity contribution in [3.05, 3.63) is 12.2 Å². The minimum absolute atomic E-state index is 0.00397. The van der Waals surface area contributed by atoms with Gasteiger partial charge in [0.2, 0.25) is 11.8 Å². The molecule has 7 heteroatoms. The van der Waals surface area contributed by atoms with Gasteiger partial charge in [0.05, 0.1) is 0 Å². The number of rotatable bonds is 5. The molecule has 2 N–H and O–H groups in total. The number of nitrogens with one attached hydrogen (secondary N) is 2. The molecule has 136 valence electrons. The third kappa shape index (κ3) is 7.99. The predicted octanol–water partition coefficient (Wildman–Crippen LogP) is 1.58. The summed E-state index contributed by atoms with van der Waals surface area (Å²) in [4.78, 5) is 36.9. The number of ether oxygens (including phenoxy) is 1. The van der Waals surface area contributed by atoms with E-state index in [0.717, 1.165) is 12.8 Å². The van der Waals surface area contributed by atoms with Crippen LogP contribution in [0.3, 0.4) is 0 Å². The highest BCUT2D eigenvalue weighted by Gasteiger charge is 2.23. The molecular weight excluding hydrogens is 310 g/mol. The second-order valence-electron chi connectivity index (χ2n) is 6.84. The molecule has 0 aromatic rings. The van der Waals surface area contributed by atoms with Gasteiger partial charge < -0.3 is 20.3 Å². The molecule has 0 radical (unpaired) electrons. The fourth-order valence-corrected chi connectivity index (χ4v) is 2.42. The largest absolute Gasteiger partial charge is 0.444 e. The van der Waals surface area contributed by atoms with Gasteiger partial charge in [-0.3, -0.25) is 9.59 Å². The van der Waals surface area contributed by atoms with Crippen LogP contribution in [0.5, 0.6) is 0 Å². The van der Waals surface area contributed by atoms with E-state index in [1.54, 1.807) is 38.7 Å². The molecule has 1 aliphatic rings. The van der Waals surface area contributed by atoms with Crippen LogP contribution in [0.2, 0.25) is 0 Å². The zero-order valence-electron chi connectivity index (χ0n) is 15.1. The van der Waals surface area contributed by atoms with E-state index >= 15 is 0 Å². The molecule has 0 spiro atoms. The number of allylic oxidation sites excluding steroid dienone is 1. The van der Waals surface area contributed by atoms with Gasteiger partial charge in [-0.1, -0.05) is 6.08 Å². The van der Waals surface area contributed by atoms with Gasteiger partial charge in [-0.15, -0.1) is 0 Å². The second-order valence-corrected chi connectivity index (χ2v) is 6.84. The molecule has 0 bridgehead atoms. The van der Waals surface area contributed by atoms with Gasteiger partial charge in [0.25, 0.3) is 0 Å². The summed E-state index contributed by atoms with van der Waals surface area (Å²) < 4.78 is 5.12. The molecule has 0 saturated carbocycles. The Bertz CT molecular complexity index is 475. The maximum Gasteiger partial charge on any atom is 0.407 e. The monoisotopic (exact) mass is 339 g/mol. The minimum Gasteiger partial charge on any atom is -0.444 e. The SMILES string of the molecule is C/C=C/C(=O)NC1CCN(C(=O)CCNC(=O)OC(C)(C)C)CC1. The van der Waals surface area contributed by atoms with Crippen molar-refractivity contribution in [3.63, 3.8) is 0 Å². The van der Waals surface area contributed by atoms with Crippen LogP contribution in [0.1, 0.15) is 47.0 Å². The first-order chi connectivity index (χ1) is 11.2. The molecule has 24 heavy (non-hydrogen) atoms. The molecule has 0 aliphatic carbocycles. The third-order valence-corrected chi connectivity index (χ3v) is 3.52. The maximum absolute atomic E-state index is 12.1. The highest BCUT2D eigenvalue weighted by molar-refractivity contribution is 5.87. The molecule has 3 amide bonds. The molecule has 1 rings (SSSR count). The fraction of sp³-hybridized carbons (Fsp3) is 0.706. The summed E-state index contributed by atoms with van der Waals surface area (Å²) in [6, 6.07) is 0.109. The minimum atomic E-state index is -0.548. The van der Waals surface area contributed by atoms with Crippen molar-refractivity contribution in [1.29, 1.82) is 0 Å². The van der Waals surface area contributed by atoms with E-state index in [1.807, 2.05) is 0 Å². The van der Waals surface area contributed by atoms with Crippen molar-refractivity contribution in [2.45, 2.75) is 58.6 Å². The van der Waals surface area contributed by atoms with Gasteiger partial charge in [-0.05, 0) is 46.6 Å². The van der Waals surface area contributed by atoms with E-state index in [1.165, 1.54) is 6.08 Å². The Hall–Kier alpha value is -2.05. The topological polar surface area (TPSA) is 87.7 Å². The summed E-state index contributed by atoms with van der Waals surface area (Å²) in [6.45, 7) is 8.65. The van der Waals surface area contributed by atoms with Crippen LogP contribution in [0.15, 0.2) is 12.2 Å². The van der Waals surface area contributed by atoms with Crippen LogP contribution in [0.4, 0.5) is 4.79 Å². The van der Waals surface area contributed by atoms with E-state index in [2.05, 4.69) is 10.6 Å². The highest BCUT2D eigenvalue weighted by Crippen LogP contribution is 2.11. The van der Waals surface area contributed by atoms with Gasteiger partial charge in [-0.25, -0.2) is 4.79 Å². The van der Waals surface area contributed by atoms with Crippen LogP contribution in [-0.4, -0.2) is 54.1 Å². The Labute approximate surface area is 143 Å². The summed E-state index contributed by atoms with van der Waals surface area (Å²) in [5, 5.41) is 5.51. The molecule has 7 nitrogen and oxygen atoms in total. The molecule has 1 saturated heterocycles. The first kappa shape index (κ1) is 20.0. The normalized spacial score (nSPS) is 16.1. The van der Waals surface area contributed by atoms with Crippen LogP contribution in [0, 0.1) is 0 Å². The van der Waals surface area contributed by atoms with E-state index in [9.17, 15) is 14.4 Å². The number of carbonyl (C=O) groups excluding carboxylic acids is 3. The maximum atomic E-state index is 12.1. The number of hydrogen-bond donors (Lipinski definition) is 2. The molecule has 0 aromatic heterocycles. The molecule has 0 unspecified atom stereocenters. The summed E-state index contributed by atoms with van der Waals surface area (Å²) in [6.07, 6.45) is 4.42. The first-order valence-electron chi connectivity index (χ1n) is 8.39.